The average molecular weight is 577 g/mol. The number of nitrogens with one attached hydrogen (secondary N) is 2. The summed E-state index contributed by atoms with van der Waals surface area (Å²) in [5.41, 5.74) is 0.276. The van der Waals surface area contributed by atoms with Gasteiger partial charge in [-0.15, -0.1) is 0 Å². The molecule has 2 aromatic rings. The summed E-state index contributed by atoms with van der Waals surface area (Å²) >= 11 is 0. The number of hydrogen-bond acceptors (Lipinski definition) is 5. The maximum absolute atomic E-state index is 13.5. The van der Waals surface area contributed by atoms with Gasteiger partial charge in [-0.3, -0.25) is 19.2 Å². The van der Waals surface area contributed by atoms with E-state index < -0.39 is 11.0 Å². The van der Waals surface area contributed by atoms with Crippen molar-refractivity contribution >= 4 is 17.7 Å². The molecule has 3 amide bonds. The number of piperidine rings is 1. The summed E-state index contributed by atoms with van der Waals surface area (Å²) in [6, 6.07) is 11.4. The average Bonchev–Trinajstić information content (AvgIpc) is 3.02. The Hall–Kier alpha value is -3.62. The predicted molar refractivity (Wildman–Crippen MR) is 160 cm³/mol. The van der Waals surface area contributed by atoms with E-state index in [1.165, 1.54) is 22.6 Å². The van der Waals surface area contributed by atoms with Gasteiger partial charge in [-0.1, -0.05) is 50.3 Å². The van der Waals surface area contributed by atoms with Gasteiger partial charge in [0, 0.05) is 25.3 Å². The highest BCUT2D eigenvalue weighted by Crippen LogP contribution is 2.38. The third-order valence-electron chi connectivity index (χ3n) is 9.24. The molecule has 1 aromatic heterocycles. The number of aromatic nitrogens is 1. The van der Waals surface area contributed by atoms with Gasteiger partial charge in [0.25, 0.3) is 11.5 Å². The predicted octanol–water partition coefficient (Wildman–Crippen LogP) is 3.83. The zero-order chi connectivity index (χ0) is 29.4. The van der Waals surface area contributed by atoms with Crippen LogP contribution in [0.5, 0.6) is 5.75 Å². The van der Waals surface area contributed by atoms with E-state index in [0.717, 1.165) is 63.5 Å². The lowest BCUT2D eigenvalue weighted by atomic mass is 9.73. The van der Waals surface area contributed by atoms with Crippen LogP contribution in [0.2, 0.25) is 0 Å². The van der Waals surface area contributed by atoms with Crippen LogP contribution in [-0.2, 0) is 22.6 Å². The minimum Gasteiger partial charge on any atom is -0.491 e. The fraction of sp³-hybridized carbons (Fsp3) is 0.576. The summed E-state index contributed by atoms with van der Waals surface area (Å²) in [7, 11) is 0. The molecule has 2 aliphatic heterocycles. The standard InChI is InChI=1S/C33H44N4O5/c38-29(35-26-12-4-1-5-13-26)24-37-20-9-14-27(31(37)40)30(39)36-21-17-33(18-22-36)16-8-2-3-10-25-11-6-7-15-28(25)42-23-19-34-32(33)41/h6-7,9,11,14-15,20,26H,1-5,8,10,12-13,16-19,21-24H2,(H,34,41)(H,35,38). The molecule has 1 saturated heterocycles. The first kappa shape index (κ1) is 29.9. The maximum Gasteiger partial charge on any atom is 0.263 e. The third kappa shape index (κ3) is 7.23. The second-order valence-corrected chi connectivity index (χ2v) is 12.1. The van der Waals surface area contributed by atoms with Crippen molar-refractivity contribution in [1.82, 2.24) is 20.1 Å². The molecule has 3 heterocycles. The zero-order valence-electron chi connectivity index (χ0n) is 24.6. The number of pyridine rings is 1. The second kappa shape index (κ2) is 14.0. The Morgan fingerprint density at radius 1 is 0.929 bits per heavy atom. The molecule has 9 heteroatoms. The van der Waals surface area contributed by atoms with Gasteiger partial charge in [0.15, 0.2) is 0 Å². The Bertz CT molecular complexity index is 1310. The number of hydrogen-bond donors (Lipinski definition) is 2. The van der Waals surface area contributed by atoms with Crippen molar-refractivity contribution in [3.8, 4) is 5.75 Å². The lowest BCUT2D eigenvalue weighted by Gasteiger charge is -2.41. The van der Waals surface area contributed by atoms with E-state index in [2.05, 4.69) is 16.7 Å². The Morgan fingerprint density at radius 2 is 1.69 bits per heavy atom. The number of likely N-dealkylation sites (tertiary alicyclic amines) is 1. The number of ether oxygens (including phenoxy) is 1. The number of rotatable bonds is 4. The highest BCUT2D eigenvalue weighted by atomic mass is 16.5. The van der Waals surface area contributed by atoms with Crippen LogP contribution in [0.4, 0.5) is 0 Å². The van der Waals surface area contributed by atoms with Gasteiger partial charge in [-0.2, -0.15) is 0 Å². The first-order valence-corrected chi connectivity index (χ1v) is 15.7. The minimum atomic E-state index is -0.536. The molecule has 1 aliphatic carbocycles. The molecule has 2 fully saturated rings. The van der Waals surface area contributed by atoms with E-state index in [1.807, 2.05) is 18.2 Å². The summed E-state index contributed by atoms with van der Waals surface area (Å²) < 4.78 is 7.30. The van der Waals surface area contributed by atoms with E-state index in [-0.39, 0.29) is 35.9 Å². The molecule has 42 heavy (non-hydrogen) atoms. The van der Waals surface area contributed by atoms with Crippen molar-refractivity contribution in [3.63, 3.8) is 0 Å². The summed E-state index contributed by atoms with van der Waals surface area (Å²) in [6.45, 7) is 1.54. The minimum absolute atomic E-state index is 0.0248. The third-order valence-corrected chi connectivity index (χ3v) is 9.24. The fourth-order valence-corrected chi connectivity index (χ4v) is 6.72. The number of nitrogens with zero attached hydrogens (tertiary/aromatic N) is 2. The number of para-hydroxylation sites is 1. The van der Waals surface area contributed by atoms with Crippen LogP contribution < -0.4 is 20.9 Å². The van der Waals surface area contributed by atoms with Gasteiger partial charge in [0.2, 0.25) is 11.8 Å². The van der Waals surface area contributed by atoms with E-state index >= 15 is 0 Å². The number of benzene rings is 1. The first-order valence-electron chi connectivity index (χ1n) is 15.7. The van der Waals surface area contributed by atoms with Crippen LogP contribution in [0.25, 0.3) is 0 Å². The van der Waals surface area contributed by atoms with Crippen molar-refractivity contribution in [1.29, 1.82) is 0 Å². The molecular weight excluding hydrogens is 532 g/mol. The lowest BCUT2D eigenvalue weighted by molar-refractivity contribution is -0.134. The SMILES string of the molecule is O=C(Cn1cccc(C(=O)N2CCC3(CCCCCc4ccccc4OCCNC3=O)CC2)c1=O)NC1CCCCC1. The molecule has 0 radical (unpaired) electrons. The molecule has 9 nitrogen and oxygen atoms in total. The van der Waals surface area contributed by atoms with Gasteiger partial charge in [0.1, 0.15) is 24.5 Å². The van der Waals surface area contributed by atoms with Gasteiger partial charge in [-0.05, 0) is 68.7 Å². The van der Waals surface area contributed by atoms with Gasteiger partial charge >= 0.3 is 0 Å². The Kier molecular flexibility index (Phi) is 9.97. The smallest absolute Gasteiger partial charge is 0.263 e. The van der Waals surface area contributed by atoms with Crippen molar-refractivity contribution in [2.45, 2.75) is 89.6 Å². The van der Waals surface area contributed by atoms with E-state index in [1.54, 1.807) is 17.2 Å². The van der Waals surface area contributed by atoms with E-state index in [9.17, 15) is 19.2 Å². The van der Waals surface area contributed by atoms with Crippen LogP contribution in [0.15, 0.2) is 47.4 Å². The zero-order valence-corrected chi connectivity index (χ0v) is 24.6. The molecule has 226 valence electrons. The van der Waals surface area contributed by atoms with Crippen molar-refractivity contribution < 1.29 is 19.1 Å². The highest BCUT2D eigenvalue weighted by molar-refractivity contribution is 5.94. The molecule has 2 N–H and O–H groups in total. The van der Waals surface area contributed by atoms with Gasteiger partial charge in [0.05, 0.1) is 12.0 Å². The Morgan fingerprint density at radius 3 is 2.50 bits per heavy atom. The van der Waals surface area contributed by atoms with Gasteiger partial charge < -0.3 is 24.8 Å². The van der Waals surface area contributed by atoms with Crippen LogP contribution in [0.1, 0.15) is 86.6 Å². The molecule has 0 atom stereocenters. The summed E-state index contributed by atoms with van der Waals surface area (Å²) in [5, 5.41) is 6.13. The number of amides is 3. The van der Waals surface area contributed by atoms with Crippen LogP contribution in [0, 0.1) is 5.41 Å². The number of fused-ring (bicyclic) bond motifs is 1. The molecule has 1 aromatic carbocycles. The van der Waals surface area contributed by atoms with Crippen molar-refractivity contribution in [2.24, 2.45) is 5.41 Å². The molecule has 5 rings (SSSR count). The highest BCUT2D eigenvalue weighted by Gasteiger charge is 2.42. The van der Waals surface area contributed by atoms with Crippen molar-refractivity contribution in [2.75, 3.05) is 26.2 Å². The molecule has 1 saturated carbocycles. The summed E-state index contributed by atoms with van der Waals surface area (Å²) in [5.74, 6) is 0.370. The molecule has 3 aliphatic rings. The molecule has 0 unspecified atom stereocenters. The quantitative estimate of drug-likeness (QED) is 0.575. The topological polar surface area (TPSA) is 110 Å². The van der Waals surface area contributed by atoms with Crippen LogP contribution >= 0.6 is 0 Å². The van der Waals surface area contributed by atoms with E-state index in [0.29, 0.717) is 39.1 Å². The fourth-order valence-electron chi connectivity index (χ4n) is 6.72. The first-order chi connectivity index (χ1) is 20.4. The molecule has 0 bridgehead atoms. The largest absolute Gasteiger partial charge is 0.491 e. The normalized spacial score (nSPS) is 20.2. The Labute approximate surface area is 248 Å². The number of carbonyl (C=O) groups is 3. The summed E-state index contributed by atoms with van der Waals surface area (Å²) in [6.07, 6.45) is 12.7. The maximum atomic E-state index is 13.5. The number of carbonyl (C=O) groups excluding carboxylic acids is 3. The van der Waals surface area contributed by atoms with Crippen LogP contribution in [0.3, 0.4) is 0 Å². The van der Waals surface area contributed by atoms with Gasteiger partial charge in [-0.25, -0.2) is 0 Å². The Balaban J connectivity index is 1.19. The summed E-state index contributed by atoms with van der Waals surface area (Å²) in [4.78, 5) is 54.5. The monoisotopic (exact) mass is 576 g/mol. The second-order valence-electron chi connectivity index (χ2n) is 12.1. The van der Waals surface area contributed by atoms with Crippen LogP contribution in [-0.4, -0.2) is 59.5 Å². The molecular formula is C33H44N4O5. The lowest BCUT2D eigenvalue weighted by Crippen LogP contribution is -2.51. The number of aryl methyl sites for hydroxylation is 1. The molecule has 1 spiro atoms. The van der Waals surface area contributed by atoms with E-state index in [4.69, 9.17) is 4.74 Å². The van der Waals surface area contributed by atoms with Crippen molar-refractivity contribution in [3.05, 3.63) is 64.1 Å².